The predicted octanol–water partition coefficient (Wildman–Crippen LogP) is 1.33. The van der Waals surface area contributed by atoms with Crippen LogP contribution >= 0.6 is 34.5 Å². The van der Waals surface area contributed by atoms with Crippen LogP contribution in [0, 0.1) is 0 Å². The van der Waals surface area contributed by atoms with Gasteiger partial charge in [0.05, 0.1) is 23.5 Å². The van der Waals surface area contributed by atoms with Gasteiger partial charge in [-0.25, -0.2) is 0 Å². The van der Waals surface area contributed by atoms with Crippen LogP contribution in [0.1, 0.15) is 16.5 Å². The number of aliphatic imine (C=N–C) groups is 1. The van der Waals surface area contributed by atoms with E-state index in [-0.39, 0.29) is 10.8 Å². The Hall–Kier alpha value is -1.11. The van der Waals surface area contributed by atoms with Gasteiger partial charge in [-0.15, -0.1) is 11.3 Å². The first-order valence-electron chi connectivity index (χ1n) is 8.41. The molecule has 2 heterocycles. The molecule has 1 aliphatic rings. The molecule has 1 saturated heterocycles. The molecule has 0 unspecified atom stereocenters. The lowest BCUT2D eigenvalue weighted by Crippen LogP contribution is -3.27. The summed E-state index contributed by atoms with van der Waals surface area (Å²) in [5, 5.41) is 12.9. The zero-order valence-electron chi connectivity index (χ0n) is 14.1. The number of rotatable bonds is 5. The molecule has 3 N–H and O–H groups in total. The second-order valence-corrected chi connectivity index (χ2v) is 8.33. The van der Waals surface area contributed by atoms with Crippen molar-refractivity contribution in [1.82, 2.24) is 0 Å². The predicted molar refractivity (Wildman–Crippen MR) is 105 cm³/mol. The van der Waals surface area contributed by atoms with E-state index in [2.05, 4.69) is 29.6 Å². The maximum atomic E-state index is 10.1. The minimum atomic E-state index is 0.0260. The second kappa shape index (κ2) is 8.52. The van der Waals surface area contributed by atoms with E-state index in [0.717, 1.165) is 13.1 Å². The van der Waals surface area contributed by atoms with E-state index in [4.69, 9.17) is 23.2 Å². The van der Waals surface area contributed by atoms with E-state index in [1.807, 2.05) is 0 Å². The van der Waals surface area contributed by atoms with Crippen LogP contribution in [0.25, 0.3) is 0 Å². The third-order valence-corrected chi connectivity index (χ3v) is 6.19. The van der Waals surface area contributed by atoms with Crippen molar-refractivity contribution < 1.29 is 14.9 Å². The first-order valence-corrected chi connectivity index (χ1v) is 10.0. The Balaban J connectivity index is 1.75. The highest BCUT2D eigenvalue weighted by Crippen LogP contribution is 2.30. The van der Waals surface area contributed by atoms with E-state index in [9.17, 15) is 5.11 Å². The first-order chi connectivity index (χ1) is 12.0. The summed E-state index contributed by atoms with van der Waals surface area (Å²) in [5.74, 6) is 0.0260. The smallest absolute Gasteiger partial charge is 0.143 e. The fraction of sp³-hybridized carbons (Fsp3) is 0.389. The van der Waals surface area contributed by atoms with E-state index in [1.165, 1.54) is 24.0 Å². The average molecular weight is 400 g/mol. The van der Waals surface area contributed by atoms with E-state index < -0.39 is 0 Å². The summed E-state index contributed by atoms with van der Waals surface area (Å²) in [6.45, 7) is 5.35. The zero-order valence-corrected chi connectivity index (χ0v) is 16.5. The Morgan fingerprint density at radius 2 is 2.04 bits per heavy atom. The lowest BCUT2D eigenvalue weighted by atomic mass is 10.1. The molecule has 2 aromatic rings. The van der Waals surface area contributed by atoms with Crippen LogP contribution in [0.15, 0.2) is 34.6 Å². The number of aromatic hydroxyl groups is 1. The van der Waals surface area contributed by atoms with Gasteiger partial charge in [0.2, 0.25) is 0 Å². The molecule has 3 rings (SSSR count). The summed E-state index contributed by atoms with van der Waals surface area (Å²) in [7, 11) is 2.25. The molecular formula is C18H23Cl2N3OS+2. The molecule has 0 amide bonds. The largest absolute Gasteiger partial charge is 0.506 e. The van der Waals surface area contributed by atoms with Gasteiger partial charge >= 0.3 is 0 Å². The monoisotopic (exact) mass is 399 g/mol. The molecule has 1 atom stereocenters. The average Bonchev–Trinajstić information content (AvgIpc) is 3.11. The molecular weight excluding hydrogens is 377 g/mol. The third kappa shape index (κ3) is 4.74. The number of phenolic OH excluding ortho intramolecular Hbond substituents is 1. The molecule has 0 spiro atoms. The second-order valence-electron chi connectivity index (χ2n) is 6.50. The van der Waals surface area contributed by atoms with Gasteiger partial charge in [0, 0.05) is 16.8 Å². The van der Waals surface area contributed by atoms with Crippen molar-refractivity contribution in [2.75, 3.05) is 39.8 Å². The van der Waals surface area contributed by atoms with Crippen molar-refractivity contribution in [2.24, 2.45) is 4.99 Å². The molecule has 0 aliphatic carbocycles. The number of thiophene rings is 1. The third-order valence-electron chi connectivity index (χ3n) is 4.70. The van der Waals surface area contributed by atoms with Gasteiger partial charge < -0.3 is 14.9 Å². The van der Waals surface area contributed by atoms with Gasteiger partial charge in [0.15, 0.2) is 0 Å². The number of quaternary nitrogens is 2. The van der Waals surface area contributed by atoms with Crippen LogP contribution in [0.2, 0.25) is 10.0 Å². The van der Waals surface area contributed by atoms with Crippen molar-refractivity contribution in [2.45, 2.75) is 6.04 Å². The lowest BCUT2D eigenvalue weighted by Gasteiger charge is -2.32. The molecule has 1 fully saturated rings. The highest BCUT2D eigenvalue weighted by atomic mass is 35.5. The van der Waals surface area contributed by atoms with Gasteiger partial charge in [-0.1, -0.05) is 29.3 Å². The van der Waals surface area contributed by atoms with Crippen LogP contribution in [0.4, 0.5) is 0 Å². The SMILES string of the molecule is C[NH+]1CC[NH+]([C@@H](CN=Cc2cc(Cl)cc(Cl)c2O)c2cccs2)CC1. The Kier molecular flexibility index (Phi) is 6.36. The highest BCUT2D eigenvalue weighted by molar-refractivity contribution is 7.10. The van der Waals surface area contributed by atoms with Crippen LogP contribution in [0.3, 0.4) is 0 Å². The van der Waals surface area contributed by atoms with Gasteiger partial charge in [0.25, 0.3) is 0 Å². The topological polar surface area (TPSA) is 41.5 Å². The van der Waals surface area contributed by atoms with Crippen LogP contribution in [0.5, 0.6) is 5.75 Å². The minimum Gasteiger partial charge on any atom is -0.506 e. The number of nitrogens with zero attached hydrogens (tertiary/aromatic N) is 1. The molecule has 0 saturated carbocycles. The maximum Gasteiger partial charge on any atom is 0.143 e. The summed E-state index contributed by atoms with van der Waals surface area (Å²) in [4.78, 5) is 9.15. The van der Waals surface area contributed by atoms with Crippen molar-refractivity contribution in [3.63, 3.8) is 0 Å². The number of piperazine rings is 1. The Morgan fingerprint density at radius 1 is 1.28 bits per heavy atom. The standard InChI is InChI=1S/C18H21Cl2N3OS/c1-22-4-6-23(7-5-22)16(17-3-2-8-25-17)12-21-11-13-9-14(19)10-15(20)18(13)24/h2-3,8-11,16,24H,4-7,12H2,1H3/p+2/t16-/m0/s1. The van der Waals surface area contributed by atoms with Gasteiger partial charge in [-0.2, -0.15) is 0 Å². The van der Waals surface area contributed by atoms with Gasteiger partial charge in [-0.3, -0.25) is 4.99 Å². The molecule has 1 aromatic heterocycles. The number of nitrogens with one attached hydrogen (secondary N) is 2. The fourth-order valence-corrected chi connectivity index (χ4v) is 4.58. The molecule has 25 heavy (non-hydrogen) atoms. The molecule has 7 heteroatoms. The molecule has 1 aliphatic heterocycles. The van der Waals surface area contributed by atoms with Crippen molar-refractivity contribution in [1.29, 1.82) is 0 Å². The minimum absolute atomic E-state index is 0.0260. The fourth-order valence-electron chi connectivity index (χ4n) is 3.20. The Morgan fingerprint density at radius 3 is 2.72 bits per heavy atom. The summed E-state index contributed by atoms with van der Waals surface area (Å²) in [6, 6.07) is 7.84. The Bertz CT molecular complexity index is 728. The zero-order chi connectivity index (χ0) is 17.8. The normalized spacial score (nSPS) is 22.4. The van der Waals surface area contributed by atoms with Crippen molar-refractivity contribution in [3.8, 4) is 5.75 Å². The summed E-state index contributed by atoms with van der Waals surface area (Å²) >= 11 is 13.8. The summed E-state index contributed by atoms with van der Waals surface area (Å²) in [6.07, 6.45) is 1.68. The highest BCUT2D eigenvalue weighted by Gasteiger charge is 2.29. The van der Waals surface area contributed by atoms with E-state index in [0.29, 0.717) is 23.2 Å². The van der Waals surface area contributed by atoms with Gasteiger partial charge in [-0.05, 0) is 23.6 Å². The summed E-state index contributed by atoms with van der Waals surface area (Å²) < 4.78 is 0. The molecule has 4 nitrogen and oxygen atoms in total. The Labute approximate surface area is 162 Å². The quantitative estimate of drug-likeness (QED) is 0.652. The first kappa shape index (κ1) is 18.7. The van der Waals surface area contributed by atoms with E-state index in [1.54, 1.807) is 33.4 Å². The summed E-state index contributed by atoms with van der Waals surface area (Å²) in [5.41, 5.74) is 0.556. The maximum absolute atomic E-state index is 10.1. The molecule has 134 valence electrons. The molecule has 1 aromatic carbocycles. The van der Waals surface area contributed by atoms with Crippen LogP contribution in [-0.4, -0.2) is 51.1 Å². The number of hydrogen-bond acceptors (Lipinski definition) is 3. The van der Waals surface area contributed by atoms with Crippen LogP contribution in [-0.2, 0) is 0 Å². The molecule has 0 radical (unpaired) electrons. The van der Waals surface area contributed by atoms with Gasteiger partial charge in [0.1, 0.15) is 38.0 Å². The number of phenols is 1. The number of hydrogen-bond donors (Lipinski definition) is 3. The lowest BCUT2D eigenvalue weighted by molar-refractivity contribution is -1.02. The van der Waals surface area contributed by atoms with Crippen molar-refractivity contribution in [3.05, 3.63) is 50.1 Å². The number of likely N-dealkylation sites (N-methyl/N-ethyl adjacent to an activating group) is 1. The number of benzene rings is 1. The van der Waals surface area contributed by atoms with Crippen molar-refractivity contribution >= 4 is 40.8 Å². The molecule has 0 bridgehead atoms. The van der Waals surface area contributed by atoms with E-state index >= 15 is 0 Å². The number of halogens is 2. The van der Waals surface area contributed by atoms with Crippen LogP contribution < -0.4 is 9.80 Å².